The van der Waals surface area contributed by atoms with Gasteiger partial charge in [-0.1, -0.05) is 30.3 Å². The van der Waals surface area contributed by atoms with Crippen LogP contribution in [0.15, 0.2) is 30.3 Å². The first-order chi connectivity index (χ1) is 7.33. The number of halogens is 1. The van der Waals surface area contributed by atoms with Crippen LogP contribution < -0.4 is 0 Å². The Bertz CT molecular complexity index is 282. The molecule has 15 heavy (non-hydrogen) atoms. The van der Waals surface area contributed by atoms with Crippen molar-refractivity contribution in [3.05, 3.63) is 35.9 Å². The molecule has 0 heterocycles. The first-order valence-electron chi connectivity index (χ1n) is 5.44. The molecule has 0 aromatic heterocycles. The van der Waals surface area contributed by atoms with Gasteiger partial charge in [-0.3, -0.25) is 4.79 Å². The van der Waals surface area contributed by atoms with Gasteiger partial charge in [-0.2, -0.15) is 0 Å². The first kappa shape index (κ1) is 12.3. The first-order valence-corrected chi connectivity index (χ1v) is 5.98. The molecular formula is C13H17ClO. The summed E-state index contributed by atoms with van der Waals surface area (Å²) in [6.45, 7) is 0. The van der Waals surface area contributed by atoms with E-state index in [0.717, 1.165) is 19.3 Å². The minimum Gasteiger partial charge on any atom is -0.300 e. The zero-order chi connectivity index (χ0) is 10.9. The van der Waals surface area contributed by atoms with E-state index in [9.17, 15) is 4.79 Å². The number of ketones is 1. The minimum atomic E-state index is 0.339. The molecule has 2 heteroatoms. The van der Waals surface area contributed by atoms with Crippen LogP contribution in [0.2, 0.25) is 0 Å². The van der Waals surface area contributed by atoms with E-state index >= 15 is 0 Å². The fraction of sp³-hybridized carbons (Fsp3) is 0.462. The molecule has 0 atom stereocenters. The molecule has 0 saturated heterocycles. The third-order valence-corrected chi connectivity index (χ3v) is 2.62. The highest BCUT2D eigenvalue weighted by molar-refractivity contribution is 6.17. The lowest BCUT2D eigenvalue weighted by atomic mass is 10.1. The second kappa shape index (κ2) is 7.47. The molecule has 0 aliphatic rings. The van der Waals surface area contributed by atoms with Crippen LogP contribution >= 0.6 is 11.6 Å². The van der Waals surface area contributed by atoms with E-state index in [1.54, 1.807) is 0 Å². The minimum absolute atomic E-state index is 0.339. The van der Waals surface area contributed by atoms with Crippen molar-refractivity contribution in [3.8, 4) is 0 Å². The molecule has 0 unspecified atom stereocenters. The Balaban J connectivity index is 2.14. The van der Waals surface area contributed by atoms with Crippen LogP contribution in [0.1, 0.15) is 31.2 Å². The summed E-state index contributed by atoms with van der Waals surface area (Å²) in [5.41, 5.74) is 1.31. The summed E-state index contributed by atoms with van der Waals surface area (Å²) in [6.07, 6.45) is 4.08. The van der Waals surface area contributed by atoms with E-state index in [0.29, 0.717) is 24.5 Å². The van der Waals surface area contributed by atoms with Gasteiger partial charge in [0.1, 0.15) is 5.78 Å². The van der Waals surface area contributed by atoms with Gasteiger partial charge in [0, 0.05) is 18.7 Å². The highest BCUT2D eigenvalue weighted by Gasteiger charge is 2.01. The summed E-state index contributed by atoms with van der Waals surface area (Å²) in [6, 6.07) is 10.3. The molecule has 1 rings (SSSR count). The number of aryl methyl sites for hydroxylation is 1. The average molecular weight is 225 g/mol. The standard InChI is InChI=1S/C13H17ClO/c14-11-5-10-13(15)9-4-8-12-6-2-1-3-7-12/h1-3,6-7H,4-5,8-11H2. The van der Waals surface area contributed by atoms with Gasteiger partial charge in [0.05, 0.1) is 0 Å². The van der Waals surface area contributed by atoms with Gasteiger partial charge in [0.2, 0.25) is 0 Å². The van der Waals surface area contributed by atoms with Crippen LogP contribution in [0.4, 0.5) is 0 Å². The van der Waals surface area contributed by atoms with Gasteiger partial charge in [-0.15, -0.1) is 11.6 Å². The largest absolute Gasteiger partial charge is 0.300 e. The zero-order valence-corrected chi connectivity index (χ0v) is 9.67. The van der Waals surface area contributed by atoms with Gasteiger partial charge in [0.15, 0.2) is 0 Å². The number of benzene rings is 1. The van der Waals surface area contributed by atoms with Crippen LogP contribution in [0.3, 0.4) is 0 Å². The SMILES string of the molecule is O=C(CCCCl)CCCc1ccccc1. The van der Waals surface area contributed by atoms with Crippen molar-refractivity contribution in [3.63, 3.8) is 0 Å². The Labute approximate surface area is 96.5 Å². The molecule has 82 valence electrons. The predicted molar refractivity (Wildman–Crippen MR) is 64.3 cm³/mol. The lowest BCUT2D eigenvalue weighted by Gasteiger charge is -2.00. The molecule has 0 fully saturated rings. The highest BCUT2D eigenvalue weighted by atomic mass is 35.5. The van der Waals surface area contributed by atoms with E-state index in [1.807, 2.05) is 18.2 Å². The molecule has 0 saturated carbocycles. The fourth-order valence-corrected chi connectivity index (χ4v) is 1.66. The molecule has 0 amide bonds. The summed E-state index contributed by atoms with van der Waals surface area (Å²) in [5.74, 6) is 0.927. The molecule has 0 spiro atoms. The van der Waals surface area contributed by atoms with E-state index in [2.05, 4.69) is 12.1 Å². The Morgan fingerprint density at radius 3 is 2.40 bits per heavy atom. The van der Waals surface area contributed by atoms with E-state index < -0.39 is 0 Å². The summed E-state index contributed by atoms with van der Waals surface area (Å²) in [7, 11) is 0. The molecule has 0 aliphatic heterocycles. The number of hydrogen-bond acceptors (Lipinski definition) is 1. The zero-order valence-electron chi connectivity index (χ0n) is 8.92. The molecule has 0 bridgehead atoms. The van der Waals surface area contributed by atoms with Gasteiger partial charge in [-0.25, -0.2) is 0 Å². The van der Waals surface area contributed by atoms with E-state index in [1.165, 1.54) is 5.56 Å². The molecule has 1 aromatic carbocycles. The number of carbonyl (C=O) groups is 1. The molecule has 0 radical (unpaired) electrons. The topological polar surface area (TPSA) is 17.1 Å². The highest BCUT2D eigenvalue weighted by Crippen LogP contribution is 2.06. The number of hydrogen-bond donors (Lipinski definition) is 0. The van der Waals surface area contributed by atoms with Gasteiger partial charge >= 0.3 is 0 Å². The van der Waals surface area contributed by atoms with Crippen molar-refractivity contribution in [1.82, 2.24) is 0 Å². The van der Waals surface area contributed by atoms with Crippen LogP contribution in [0, 0.1) is 0 Å². The summed E-state index contributed by atoms with van der Waals surface area (Å²) >= 11 is 5.52. The third kappa shape index (κ3) is 5.58. The summed E-state index contributed by atoms with van der Waals surface area (Å²) < 4.78 is 0. The second-order valence-corrected chi connectivity index (χ2v) is 4.05. The van der Waals surface area contributed by atoms with Crippen molar-refractivity contribution in [1.29, 1.82) is 0 Å². The van der Waals surface area contributed by atoms with Crippen LogP contribution in [0.5, 0.6) is 0 Å². The number of Topliss-reactive ketones (excluding diaryl/α,β-unsaturated/α-hetero) is 1. The monoisotopic (exact) mass is 224 g/mol. The Morgan fingerprint density at radius 1 is 1.07 bits per heavy atom. The van der Waals surface area contributed by atoms with Crippen LogP contribution in [0.25, 0.3) is 0 Å². The normalized spacial score (nSPS) is 10.2. The van der Waals surface area contributed by atoms with Gasteiger partial charge in [-0.05, 0) is 24.8 Å². The van der Waals surface area contributed by atoms with Crippen molar-refractivity contribution in [2.45, 2.75) is 32.1 Å². The lowest BCUT2D eigenvalue weighted by Crippen LogP contribution is -1.99. The summed E-state index contributed by atoms with van der Waals surface area (Å²) in [5, 5.41) is 0. The molecule has 0 N–H and O–H groups in total. The van der Waals surface area contributed by atoms with Crippen molar-refractivity contribution >= 4 is 17.4 Å². The predicted octanol–water partition coefficient (Wildman–Crippen LogP) is 3.60. The summed E-state index contributed by atoms with van der Waals surface area (Å²) in [4.78, 5) is 11.3. The van der Waals surface area contributed by atoms with Crippen molar-refractivity contribution < 1.29 is 4.79 Å². The maximum absolute atomic E-state index is 11.3. The van der Waals surface area contributed by atoms with Crippen molar-refractivity contribution in [2.24, 2.45) is 0 Å². The van der Waals surface area contributed by atoms with E-state index in [-0.39, 0.29) is 0 Å². The number of carbonyl (C=O) groups excluding carboxylic acids is 1. The lowest BCUT2D eigenvalue weighted by molar-refractivity contribution is -0.119. The second-order valence-electron chi connectivity index (χ2n) is 3.67. The van der Waals surface area contributed by atoms with Gasteiger partial charge in [0.25, 0.3) is 0 Å². The Kier molecular flexibility index (Phi) is 6.10. The maximum atomic E-state index is 11.3. The maximum Gasteiger partial charge on any atom is 0.132 e. The van der Waals surface area contributed by atoms with Gasteiger partial charge < -0.3 is 0 Å². The molecular weight excluding hydrogens is 208 g/mol. The van der Waals surface area contributed by atoms with Crippen LogP contribution in [-0.2, 0) is 11.2 Å². The molecule has 1 nitrogen and oxygen atoms in total. The fourth-order valence-electron chi connectivity index (χ4n) is 1.52. The van der Waals surface area contributed by atoms with Crippen molar-refractivity contribution in [2.75, 3.05) is 5.88 Å². The smallest absolute Gasteiger partial charge is 0.132 e. The van der Waals surface area contributed by atoms with E-state index in [4.69, 9.17) is 11.6 Å². The molecule has 0 aliphatic carbocycles. The Morgan fingerprint density at radius 2 is 1.73 bits per heavy atom. The number of rotatable bonds is 7. The van der Waals surface area contributed by atoms with Crippen LogP contribution in [-0.4, -0.2) is 11.7 Å². The molecule has 1 aromatic rings. The quantitative estimate of drug-likeness (QED) is 0.647. The third-order valence-electron chi connectivity index (χ3n) is 2.35. The number of alkyl halides is 1. The Hall–Kier alpha value is -0.820. The average Bonchev–Trinajstić information content (AvgIpc) is 2.28.